The molecule has 132 valence electrons. The molecule has 2 rings (SSSR count). The average molecular weight is 354 g/mol. The number of hydrogen-bond donors (Lipinski definition) is 2. The first kappa shape index (κ1) is 18.4. The summed E-state index contributed by atoms with van der Waals surface area (Å²) in [7, 11) is -3.82. The van der Waals surface area contributed by atoms with Gasteiger partial charge in [-0.05, 0) is 24.5 Å². The summed E-state index contributed by atoms with van der Waals surface area (Å²) in [6.07, 6.45) is 0.712. The molecule has 1 amide bonds. The number of benzene rings is 1. The van der Waals surface area contributed by atoms with Gasteiger partial charge in [-0.25, -0.2) is 13.2 Å². The Labute approximate surface area is 141 Å². The Morgan fingerprint density at radius 3 is 2.50 bits per heavy atom. The van der Waals surface area contributed by atoms with Gasteiger partial charge in [-0.1, -0.05) is 32.0 Å². The van der Waals surface area contributed by atoms with Crippen molar-refractivity contribution in [1.29, 1.82) is 0 Å². The number of carbonyl (C=O) groups excluding carboxylic acids is 2. The molecule has 2 N–H and O–H groups in total. The van der Waals surface area contributed by atoms with Gasteiger partial charge in [0.15, 0.2) is 0 Å². The van der Waals surface area contributed by atoms with Gasteiger partial charge < -0.3 is 10.1 Å². The summed E-state index contributed by atoms with van der Waals surface area (Å²) in [6.45, 7) is 4.04. The average Bonchev–Trinajstić information content (AvgIpc) is 2.92. The third-order valence-electron chi connectivity index (χ3n) is 3.63. The van der Waals surface area contributed by atoms with E-state index in [1.807, 2.05) is 13.8 Å². The predicted octanol–water partition coefficient (Wildman–Crippen LogP) is 0.811. The summed E-state index contributed by atoms with van der Waals surface area (Å²) < 4.78 is 32.1. The van der Waals surface area contributed by atoms with Crippen LogP contribution in [0.1, 0.15) is 26.7 Å². The number of rotatable bonds is 7. The third kappa shape index (κ3) is 4.78. The first-order valence-corrected chi connectivity index (χ1v) is 9.32. The number of hydrogen-bond acceptors (Lipinski definition) is 5. The second kappa shape index (κ2) is 7.76. The molecule has 0 bridgehead atoms. The first-order chi connectivity index (χ1) is 11.3. The van der Waals surface area contributed by atoms with Gasteiger partial charge in [0.1, 0.15) is 12.1 Å². The summed E-state index contributed by atoms with van der Waals surface area (Å²) in [5.74, 6) is -0.917. The number of nitrogens with one attached hydrogen (secondary N) is 2. The maximum Gasteiger partial charge on any atom is 0.328 e. The van der Waals surface area contributed by atoms with Gasteiger partial charge in [-0.2, -0.15) is 4.72 Å². The quantitative estimate of drug-likeness (QED) is 0.706. The molecule has 1 heterocycles. The summed E-state index contributed by atoms with van der Waals surface area (Å²) in [5, 5.41) is 2.57. The fraction of sp³-hybridized carbons (Fsp3) is 0.500. The largest absolute Gasteiger partial charge is 0.464 e. The van der Waals surface area contributed by atoms with Crippen molar-refractivity contribution in [3.8, 4) is 0 Å². The highest BCUT2D eigenvalue weighted by Gasteiger charge is 2.32. The van der Waals surface area contributed by atoms with E-state index in [0.717, 1.165) is 0 Å². The number of sulfonamides is 1. The lowest BCUT2D eigenvalue weighted by Gasteiger charge is -2.21. The highest BCUT2D eigenvalue weighted by molar-refractivity contribution is 7.89. The molecule has 2 unspecified atom stereocenters. The number of cyclic esters (lactones) is 1. The highest BCUT2D eigenvalue weighted by atomic mass is 32.2. The molecule has 1 aromatic carbocycles. The molecular formula is C16H22N2O5S. The molecule has 0 radical (unpaired) electrons. The Morgan fingerprint density at radius 2 is 1.96 bits per heavy atom. The summed E-state index contributed by atoms with van der Waals surface area (Å²) in [5.41, 5.74) is 0. The van der Waals surface area contributed by atoms with Gasteiger partial charge in [0.25, 0.3) is 0 Å². The van der Waals surface area contributed by atoms with E-state index in [9.17, 15) is 18.0 Å². The van der Waals surface area contributed by atoms with Crippen LogP contribution in [0.4, 0.5) is 0 Å². The van der Waals surface area contributed by atoms with Crippen molar-refractivity contribution in [3.63, 3.8) is 0 Å². The summed E-state index contributed by atoms with van der Waals surface area (Å²) in [4.78, 5) is 24.0. The van der Waals surface area contributed by atoms with Crippen molar-refractivity contribution < 1.29 is 22.7 Å². The normalized spacial score (nSPS) is 19.1. The maximum atomic E-state index is 12.4. The van der Waals surface area contributed by atoms with Crippen LogP contribution in [0.2, 0.25) is 0 Å². The molecule has 7 nitrogen and oxygen atoms in total. The lowest BCUT2D eigenvalue weighted by molar-refractivity contribution is -0.141. The lowest BCUT2D eigenvalue weighted by Crippen LogP contribution is -2.51. The number of carbonyl (C=O) groups is 2. The minimum Gasteiger partial charge on any atom is -0.464 e. The van der Waals surface area contributed by atoms with E-state index in [1.54, 1.807) is 18.2 Å². The Hall–Kier alpha value is -1.93. The van der Waals surface area contributed by atoms with Crippen molar-refractivity contribution in [2.75, 3.05) is 6.61 Å². The molecule has 24 heavy (non-hydrogen) atoms. The van der Waals surface area contributed by atoms with Crippen molar-refractivity contribution in [1.82, 2.24) is 10.0 Å². The van der Waals surface area contributed by atoms with E-state index in [4.69, 9.17) is 4.74 Å². The topological polar surface area (TPSA) is 102 Å². The van der Waals surface area contributed by atoms with Gasteiger partial charge in [-0.3, -0.25) is 4.79 Å². The van der Waals surface area contributed by atoms with Crippen molar-refractivity contribution in [2.45, 2.75) is 43.7 Å². The van der Waals surface area contributed by atoms with Crippen molar-refractivity contribution in [2.24, 2.45) is 5.92 Å². The molecule has 1 fully saturated rings. The van der Waals surface area contributed by atoms with Crippen LogP contribution in [-0.4, -0.2) is 39.0 Å². The molecule has 0 aliphatic carbocycles. The fourth-order valence-corrected chi connectivity index (χ4v) is 3.66. The van der Waals surface area contributed by atoms with Crippen LogP contribution in [0, 0.1) is 5.92 Å². The molecular weight excluding hydrogens is 332 g/mol. The van der Waals surface area contributed by atoms with Gasteiger partial charge in [0, 0.05) is 6.42 Å². The predicted molar refractivity (Wildman–Crippen MR) is 87.5 cm³/mol. The van der Waals surface area contributed by atoms with Crippen LogP contribution >= 0.6 is 0 Å². The second-order valence-corrected chi connectivity index (χ2v) is 7.85. The molecule has 1 aromatic rings. The number of amides is 1. The van der Waals surface area contributed by atoms with E-state index in [-0.39, 0.29) is 17.4 Å². The van der Waals surface area contributed by atoms with E-state index in [2.05, 4.69) is 10.0 Å². The zero-order valence-electron chi connectivity index (χ0n) is 13.7. The fourth-order valence-electron chi connectivity index (χ4n) is 2.43. The van der Waals surface area contributed by atoms with Crippen LogP contribution in [-0.2, 0) is 24.3 Å². The molecule has 1 saturated heterocycles. The highest BCUT2D eigenvalue weighted by Crippen LogP contribution is 2.13. The monoisotopic (exact) mass is 354 g/mol. The van der Waals surface area contributed by atoms with E-state index in [1.165, 1.54) is 12.1 Å². The Balaban J connectivity index is 2.13. The minimum absolute atomic E-state index is 0.0897. The van der Waals surface area contributed by atoms with Crippen molar-refractivity contribution >= 4 is 21.9 Å². The lowest BCUT2D eigenvalue weighted by atomic mass is 10.0. The number of esters is 1. The third-order valence-corrected chi connectivity index (χ3v) is 5.11. The van der Waals surface area contributed by atoms with Crippen LogP contribution in [0.3, 0.4) is 0 Å². The first-order valence-electron chi connectivity index (χ1n) is 7.84. The van der Waals surface area contributed by atoms with Crippen LogP contribution in [0.15, 0.2) is 35.2 Å². The van der Waals surface area contributed by atoms with E-state index in [0.29, 0.717) is 12.8 Å². The van der Waals surface area contributed by atoms with Gasteiger partial charge in [0.05, 0.1) is 11.5 Å². The zero-order valence-corrected chi connectivity index (χ0v) is 14.5. The Kier molecular flexibility index (Phi) is 5.95. The van der Waals surface area contributed by atoms with Crippen molar-refractivity contribution in [3.05, 3.63) is 30.3 Å². The molecule has 8 heteroatoms. The molecule has 1 aliphatic heterocycles. The van der Waals surface area contributed by atoms with Crippen LogP contribution in [0.5, 0.6) is 0 Å². The molecule has 0 spiro atoms. The Bertz CT molecular complexity index is 688. The molecule has 2 atom stereocenters. The second-order valence-electron chi connectivity index (χ2n) is 6.13. The maximum absolute atomic E-state index is 12.4. The van der Waals surface area contributed by atoms with Gasteiger partial charge >= 0.3 is 5.97 Å². The van der Waals surface area contributed by atoms with E-state index >= 15 is 0 Å². The minimum atomic E-state index is -3.82. The summed E-state index contributed by atoms with van der Waals surface area (Å²) in [6, 6.07) is 6.18. The molecule has 1 aliphatic rings. The van der Waals surface area contributed by atoms with Gasteiger partial charge in [-0.15, -0.1) is 0 Å². The van der Waals surface area contributed by atoms with Gasteiger partial charge in [0.2, 0.25) is 15.9 Å². The smallest absolute Gasteiger partial charge is 0.328 e. The molecule has 0 saturated carbocycles. The summed E-state index contributed by atoms with van der Waals surface area (Å²) >= 11 is 0. The van der Waals surface area contributed by atoms with Crippen LogP contribution in [0.25, 0.3) is 0 Å². The van der Waals surface area contributed by atoms with Crippen LogP contribution < -0.4 is 10.0 Å². The van der Waals surface area contributed by atoms with E-state index < -0.39 is 34.0 Å². The zero-order chi connectivity index (χ0) is 17.7. The molecule has 0 aromatic heterocycles. The SMILES string of the molecule is CC(C)CC(NS(=O)(=O)c1ccccc1)C(=O)NC1CCOC1=O. The standard InChI is InChI=1S/C16H22N2O5S/c1-11(2)10-14(15(19)17-13-8-9-23-16(13)20)18-24(21,22)12-6-4-3-5-7-12/h3-7,11,13-14,18H,8-10H2,1-2H3,(H,17,19). The Morgan fingerprint density at radius 1 is 1.29 bits per heavy atom. The number of ether oxygens (including phenoxy) is 1.